The van der Waals surface area contributed by atoms with Crippen molar-refractivity contribution in [1.29, 1.82) is 0 Å². The van der Waals surface area contributed by atoms with Gasteiger partial charge in [-0.3, -0.25) is 4.98 Å². The summed E-state index contributed by atoms with van der Waals surface area (Å²) in [5, 5.41) is 19.8. The normalized spacial score (nSPS) is 10.7. The van der Waals surface area contributed by atoms with Gasteiger partial charge in [-0.25, -0.2) is 0 Å². The van der Waals surface area contributed by atoms with Crippen LogP contribution in [-0.2, 0) is 0 Å². The number of pyridine rings is 1. The van der Waals surface area contributed by atoms with Crippen molar-refractivity contribution in [2.24, 2.45) is 0 Å². The molecule has 2 aromatic carbocycles. The number of benzene rings is 2. The lowest BCUT2D eigenvalue weighted by Crippen LogP contribution is -1.83. The third-order valence-electron chi connectivity index (χ3n) is 2.84. The molecule has 0 saturated carbocycles. The highest BCUT2D eigenvalue weighted by atomic mass is 16.3. The highest BCUT2D eigenvalue weighted by molar-refractivity contribution is 5.84. The number of aromatic hydroxyl groups is 2. The zero-order valence-electron chi connectivity index (χ0n) is 9.54. The van der Waals surface area contributed by atoms with Crippen molar-refractivity contribution < 1.29 is 10.2 Å². The maximum absolute atomic E-state index is 9.47. The van der Waals surface area contributed by atoms with E-state index in [2.05, 4.69) is 4.98 Å². The Morgan fingerprint density at radius 1 is 0.778 bits per heavy atom. The van der Waals surface area contributed by atoms with Crippen LogP contribution in [0.1, 0.15) is 0 Å². The summed E-state index contributed by atoms with van der Waals surface area (Å²) in [6.45, 7) is 0. The molecule has 0 aliphatic heterocycles. The summed E-state index contributed by atoms with van der Waals surface area (Å²) in [4.78, 5) is 4.34. The fraction of sp³-hybridized carbons (Fsp3) is 0. The minimum atomic E-state index is 0.220. The van der Waals surface area contributed by atoms with Gasteiger partial charge in [-0.15, -0.1) is 0 Å². The number of nitrogens with zero attached hydrogens (tertiary/aromatic N) is 1. The zero-order valence-corrected chi connectivity index (χ0v) is 9.54. The van der Waals surface area contributed by atoms with Gasteiger partial charge < -0.3 is 10.2 Å². The molecule has 0 unspecified atom stereocenters. The van der Waals surface area contributed by atoms with E-state index in [1.165, 1.54) is 0 Å². The fourth-order valence-corrected chi connectivity index (χ4v) is 1.96. The van der Waals surface area contributed by atoms with E-state index < -0.39 is 0 Å². The predicted molar refractivity (Wildman–Crippen MR) is 70.5 cm³/mol. The summed E-state index contributed by atoms with van der Waals surface area (Å²) in [7, 11) is 0. The Hall–Kier alpha value is -2.55. The van der Waals surface area contributed by atoms with Crippen LogP contribution in [0.15, 0.2) is 54.7 Å². The minimum Gasteiger partial charge on any atom is -0.508 e. The molecule has 3 aromatic rings. The van der Waals surface area contributed by atoms with Gasteiger partial charge in [0.15, 0.2) is 0 Å². The first-order chi connectivity index (χ1) is 8.72. The molecule has 2 N–H and O–H groups in total. The third kappa shape index (κ3) is 1.86. The molecule has 18 heavy (non-hydrogen) atoms. The minimum absolute atomic E-state index is 0.220. The largest absolute Gasteiger partial charge is 0.508 e. The molecule has 0 fully saturated rings. The van der Waals surface area contributed by atoms with E-state index in [-0.39, 0.29) is 11.5 Å². The zero-order chi connectivity index (χ0) is 12.5. The van der Waals surface area contributed by atoms with Crippen molar-refractivity contribution >= 4 is 10.9 Å². The lowest BCUT2D eigenvalue weighted by atomic mass is 10.1. The van der Waals surface area contributed by atoms with Crippen molar-refractivity contribution in [2.45, 2.75) is 0 Å². The second-order valence-corrected chi connectivity index (χ2v) is 4.15. The van der Waals surface area contributed by atoms with Gasteiger partial charge in [0.2, 0.25) is 0 Å². The molecule has 0 aliphatic carbocycles. The molecule has 0 saturated heterocycles. The fourth-order valence-electron chi connectivity index (χ4n) is 1.96. The van der Waals surface area contributed by atoms with E-state index in [4.69, 9.17) is 0 Å². The summed E-state index contributed by atoms with van der Waals surface area (Å²) in [5.74, 6) is 0.445. The monoisotopic (exact) mass is 237 g/mol. The Morgan fingerprint density at radius 3 is 2.44 bits per heavy atom. The van der Waals surface area contributed by atoms with Crippen molar-refractivity contribution in [3.63, 3.8) is 0 Å². The molecule has 0 amide bonds. The molecule has 3 rings (SSSR count). The third-order valence-corrected chi connectivity index (χ3v) is 2.84. The molecule has 0 atom stereocenters. The molecule has 0 aliphatic rings. The van der Waals surface area contributed by atoms with Gasteiger partial charge in [-0.05, 0) is 42.0 Å². The summed E-state index contributed by atoms with van der Waals surface area (Å²) >= 11 is 0. The van der Waals surface area contributed by atoms with E-state index in [1.807, 2.05) is 12.1 Å². The van der Waals surface area contributed by atoms with Gasteiger partial charge in [-0.2, -0.15) is 0 Å². The average molecular weight is 237 g/mol. The molecule has 88 valence electrons. The molecule has 1 heterocycles. The van der Waals surface area contributed by atoms with E-state index in [1.54, 1.807) is 42.6 Å². The van der Waals surface area contributed by atoms with Crippen molar-refractivity contribution in [3.05, 3.63) is 54.7 Å². The van der Waals surface area contributed by atoms with Gasteiger partial charge >= 0.3 is 0 Å². The summed E-state index contributed by atoms with van der Waals surface area (Å²) in [5.41, 5.74) is 2.63. The average Bonchev–Trinajstić information content (AvgIpc) is 2.38. The molecule has 0 bridgehead atoms. The molecule has 0 spiro atoms. The highest BCUT2D eigenvalue weighted by Crippen LogP contribution is 2.26. The number of phenols is 2. The molecular formula is C15H11NO2. The van der Waals surface area contributed by atoms with Crippen LogP contribution >= 0.6 is 0 Å². The Labute approximate surface area is 104 Å². The first kappa shape index (κ1) is 10.6. The SMILES string of the molecule is Oc1cccc(-c2cnc3ccc(O)cc3c2)c1. The second-order valence-electron chi connectivity index (χ2n) is 4.15. The van der Waals surface area contributed by atoms with Crippen LogP contribution in [0, 0.1) is 0 Å². The van der Waals surface area contributed by atoms with Crippen LogP contribution in [0.3, 0.4) is 0 Å². The highest BCUT2D eigenvalue weighted by Gasteiger charge is 2.02. The maximum Gasteiger partial charge on any atom is 0.116 e. The first-order valence-corrected chi connectivity index (χ1v) is 5.60. The number of fused-ring (bicyclic) bond motifs is 1. The molecule has 1 aromatic heterocycles. The van der Waals surface area contributed by atoms with Gasteiger partial charge in [-0.1, -0.05) is 12.1 Å². The number of aromatic nitrogens is 1. The number of hydrogen-bond donors (Lipinski definition) is 2. The molecule has 3 heteroatoms. The van der Waals surface area contributed by atoms with E-state index >= 15 is 0 Å². The Bertz CT molecular complexity index is 723. The molecule has 3 nitrogen and oxygen atoms in total. The predicted octanol–water partition coefficient (Wildman–Crippen LogP) is 3.31. The lowest BCUT2D eigenvalue weighted by molar-refractivity contribution is 0.475. The van der Waals surface area contributed by atoms with Crippen LogP contribution in [-0.4, -0.2) is 15.2 Å². The smallest absolute Gasteiger partial charge is 0.116 e. The number of hydrogen-bond acceptors (Lipinski definition) is 3. The van der Waals surface area contributed by atoms with Crippen molar-refractivity contribution in [3.8, 4) is 22.6 Å². The molecular weight excluding hydrogens is 226 g/mol. The summed E-state index contributed by atoms with van der Waals surface area (Å²) in [6, 6.07) is 14.0. The Morgan fingerprint density at radius 2 is 1.61 bits per heavy atom. The first-order valence-electron chi connectivity index (χ1n) is 5.60. The van der Waals surface area contributed by atoms with E-state index in [9.17, 15) is 10.2 Å². The van der Waals surface area contributed by atoms with Crippen molar-refractivity contribution in [2.75, 3.05) is 0 Å². The Balaban J connectivity index is 2.18. The van der Waals surface area contributed by atoms with Crippen LogP contribution < -0.4 is 0 Å². The van der Waals surface area contributed by atoms with Crippen LogP contribution in [0.5, 0.6) is 11.5 Å². The van der Waals surface area contributed by atoms with Gasteiger partial charge in [0.05, 0.1) is 5.52 Å². The lowest BCUT2D eigenvalue weighted by Gasteiger charge is -2.04. The van der Waals surface area contributed by atoms with E-state index in [0.29, 0.717) is 0 Å². The van der Waals surface area contributed by atoms with Crippen molar-refractivity contribution in [1.82, 2.24) is 4.98 Å². The Kier molecular flexibility index (Phi) is 2.38. The van der Waals surface area contributed by atoms with Crippen LogP contribution in [0.4, 0.5) is 0 Å². The standard InChI is InChI=1S/C15H11NO2/c17-13-3-1-2-10(7-13)12-6-11-8-14(18)4-5-15(11)16-9-12/h1-9,17-18H. The van der Waals surface area contributed by atoms with Crippen LogP contribution in [0.2, 0.25) is 0 Å². The van der Waals surface area contributed by atoms with E-state index in [0.717, 1.165) is 22.0 Å². The van der Waals surface area contributed by atoms with Gasteiger partial charge in [0.25, 0.3) is 0 Å². The summed E-state index contributed by atoms with van der Waals surface area (Å²) in [6.07, 6.45) is 1.76. The van der Waals surface area contributed by atoms with Gasteiger partial charge in [0.1, 0.15) is 11.5 Å². The van der Waals surface area contributed by atoms with Gasteiger partial charge in [0, 0.05) is 17.1 Å². The topological polar surface area (TPSA) is 53.4 Å². The maximum atomic E-state index is 9.47. The summed E-state index contributed by atoms with van der Waals surface area (Å²) < 4.78 is 0. The number of rotatable bonds is 1. The number of phenolic OH excluding ortho intramolecular Hbond substituents is 2. The second kappa shape index (κ2) is 4.04. The quantitative estimate of drug-likeness (QED) is 0.682. The molecule has 0 radical (unpaired) electrons. The van der Waals surface area contributed by atoms with Crippen LogP contribution in [0.25, 0.3) is 22.0 Å².